The summed E-state index contributed by atoms with van der Waals surface area (Å²) >= 11 is 0. The summed E-state index contributed by atoms with van der Waals surface area (Å²) in [6, 6.07) is 2.28. The molecule has 1 heterocycles. The molecule has 90 valence electrons. The standard InChI is InChI=1S/C12H21N3O/c1-3-14(10-11(2)9-13)12(16)15-7-5-4-6-8-15/h11H,3-8,10H2,1-2H3. The van der Waals surface area contributed by atoms with Crippen molar-refractivity contribution in [1.82, 2.24) is 9.80 Å². The van der Waals surface area contributed by atoms with Gasteiger partial charge in [0.1, 0.15) is 0 Å². The fourth-order valence-corrected chi connectivity index (χ4v) is 2.00. The van der Waals surface area contributed by atoms with Crippen LogP contribution in [0.2, 0.25) is 0 Å². The van der Waals surface area contributed by atoms with Crippen molar-refractivity contribution in [3.63, 3.8) is 0 Å². The summed E-state index contributed by atoms with van der Waals surface area (Å²) in [6.45, 7) is 6.79. The number of rotatable bonds is 3. The molecule has 1 aliphatic heterocycles. The lowest BCUT2D eigenvalue weighted by atomic mass is 10.1. The molecule has 0 saturated carbocycles. The molecule has 1 unspecified atom stereocenters. The van der Waals surface area contributed by atoms with Crippen molar-refractivity contribution in [3.05, 3.63) is 0 Å². The molecule has 0 aromatic heterocycles. The van der Waals surface area contributed by atoms with E-state index in [1.807, 2.05) is 18.7 Å². The SMILES string of the molecule is CCN(CC(C)C#N)C(=O)N1CCCCC1. The minimum absolute atomic E-state index is 0.0892. The Bertz CT molecular complexity index is 266. The average molecular weight is 223 g/mol. The van der Waals surface area contributed by atoms with Gasteiger partial charge in [0.2, 0.25) is 0 Å². The van der Waals surface area contributed by atoms with Gasteiger partial charge in [0, 0.05) is 26.2 Å². The minimum Gasteiger partial charge on any atom is -0.325 e. The number of nitrogens with zero attached hydrogens (tertiary/aromatic N) is 3. The molecule has 0 spiro atoms. The molecule has 0 bridgehead atoms. The molecule has 2 amide bonds. The van der Waals surface area contributed by atoms with Crippen LogP contribution in [0.25, 0.3) is 0 Å². The minimum atomic E-state index is -0.0892. The van der Waals surface area contributed by atoms with Crippen LogP contribution in [-0.2, 0) is 0 Å². The van der Waals surface area contributed by atoms with E-state index in [1.54, 1.807) is 4.90 Å². The Kier molecular flexibility index (Phi) is 5.10. The van der Waals surface area contributed by atoms with Gasteiger partial charge in [-0.1, -0.05) is 0 Å². The number of carbonyl (C=O) groups is 1. The second-order valence-electron chi connectivity index (χ2n) is 4.40. The molecule has 1 fully saturated rings. The van der Waals surface area contributed by atoms with Gasteiger partial charge in [-0.25, -0.2) is 4.79 Å². The summed E-state index contributed by atoms with van der Waals surface area (Å²) in [5, 5.41) is 8.77. The molecule has 1 atom stereocenters. The van der Waals surface area contributed by atoms with Gasteiger partial charge in [0.25, 0.3) is 0 Å². The van der Waals surface area contributed by atoms with E-state index >= 15 is 0 Å². The number of urea groups is 1. The Hall–Kier alpha value is -1.24. The number of piperidine rings is 1. The van der Waals surface area contributed by atoms with Crippen LogP contribution < -0.4 is 0 Å². The van der Waals surface area contributed by atoms with Crippen molar-refractivity contribution in [2.75, 3.05) is 26.2 Å². The van der Waals surface area contributed by atoms with Crippen LogP contribution in [0.5, 0.6) is 0 Å². The van der Waals surface area contributed by atoms with E-state index in [0.29, 0.717) is 13.1 Å². The average Bonchev–Trinajstić information content (AvgIpc) is 2.35. The third-order valence-corrected chi connectivity index (χ3v) is 2.99. The summed E-state index contributed by atoms with van der Waals surface area (Å²) < 4.78 is 0. The van der Waals surface area contributed by atoms with Crippen molar-refractivity contribution in [2.24, 2.45) is 5.92 Å². The Morgan fingerprint density at radius 2 is 2.06 bits per heavy atom. The van der Waals surface area contributed by atoms with Gasteiger partial charge >= 0.3 is 6.03 Å². The van der Waals surface area contributed by atoms with Crippen molar-refractivity contribution in [2.45, 2.75) is 33.1 Å². The first-order valence-electron chi connectivity index (χ1n) is 6.12. The molecule has 0 radical (unpaired) electrons. The first-order valence-corrected chi connectivity index (χ1v) is 6.12. The smallest absolute Gasteiger partial charge is 0.320 e. The summed E-state index contributed by atoms with van der Waals surface area (Å²) in [5.41, 5.74) is 0. The zero-order valence-electron chi connectivity index (χ0n) is 10.3. The second kappa shape index (κ2) is 6.37. The molecule has 1 aliphatic rings. The second-order valence-corrected chi connectivity index (χ2v) is 4.40. The number of hydrogen-bond donors (Lipinski definition) is 0. The van der Waals surface area contributed by atoms with Crippen LogP contribution in [0.1, 0.15) is 33.1 Å². The Morgan fingerprint density at radius 3 is 2.56 bits per heavy atom. The fourth-order valence-electron chi connectivity index (χ4n) is 2.00. The van der Waals surface area contributed by atoms with E-state index in [0.717, 1.165) is 25.9 Å². The largest absolute Gasteiger partial charge is 0.325 e. The molecule has 0 N–H and O–H groups in total. The van der Waals surface area contributed by atoms with Gasteiger partial charge in [-0.2, -0.15) is 5.26 Å². The summed E-state index contributed by atoms with van der Waals surface area (Å²) in [6.07, 6.45) is 3.44. The summed E-state index contributed by atoms with van der Waals surface area (Å²) in [5.74, 6) is -0.0892. The first kappa shape index (κ1) is 12.8. The van der Waals surface area contributed by atoms with Gasteiger partial charge in [0.15, 0.2) is 0 Å². The summed E-state index contributed by atoms with van der Waals surface area (Å²) in [4.78, 5) is 15.8. The van der Waals surface area contributed by atoms with Gasteiger partial charge in [-0.15, -0.1) is 0 Å². The lowest BCUT2D eigenvalue weighted by Crippen LogP contribution is -2.46. The van der Waals surface area contributed by atoms with E-state index in [2.05, 4.69) is 6.07 Å². The molecule has 16 heavy (non-hydrogen) atoms. The first-order chi connectivity index (χ1) is 7.69. The van der Waals surface area contributed by atoms with Crippen LogP contribution in [0.15, 0.2) is 0 Å². The predicted molar refractivity (Wildman–Crippen MR) is 62.8 cm³/mol. The quantitative estimate of drug-likeness (QED) is 0.735. The maximum absolute atomic E-state index is 12.1. The molecule has 4 heteroatoms. The van der Waals surface area contributed by atoms with Gasteiger partial charge < -0.3 is 9.80 Å². The topological polar surface area (TPSA) is 47.3 Å². The van der Waals surface area contributed by atoms with E-state index in [9.17, 15) is 4.79 Å². The lowest BCUT2D eigenvalue weighted by molar-refractivity contribution is 0.142. The number of nitriles is 1. The maximum Gasteiger partial charge on any atom is 0.320 e. The highest BCUT2D eigenvalue weighted by Crippen LogP contribution is 2.12. The normalized spacial score (nSPS) is 17.7. The van der Waals surface area contributed by atoms with Crippen LogP contribution in [0.3, 0.4) is 0 Å². The number of hydrogen-bond acceptors (Lipinski definition) is 2. The molecule has 1 rings (SSSR count). The van der Waals surface area contributed by atoms with E-state index in [-0.39, 0.29) is 11.9 Å². The zero-order chi connectivity index (χ0) is 12.0. The van der Waals surface area contributed by atoms with Crippen molar-refractivity contribution in [3.8, 4) is 6.07 Å². The highest BCUT2D eigenvalue weighted by Gasteiger charge is 2.22. The highest BCUT2D eigenvalue weighted by molar-refractivity contribution is 5.74. The third kappa shape index (κ3) is 3.41. The predicted octanol–water partition coefficient (Wildman–Crippen LogP) is 2.07. The molecular formula is C12H21N3O. The third-order valence-electron chi connectivity index (χ3n) is 2.99. The van der Waals surface area contributed by atoms with Crippen LogP contribution >= 0.6 is 0 Å². The number of carbonyl (C=O) groups excluding carboxylic acids is 1. The molecular weight excluding hydrogens is 202 g/mol. The molecule has 0 aromatic rings. The van der Waals surface area contributed by atoms with Crippen molar-refractivity contribution in [1.29, 1.82) is 5.26 Å². The molecule has 0 aliphatic carbocycles. The van der Waals surface area contributed by atoms with Crippen LogP contribution in [-0.4, -0.2) is 42.0 Å². The maximum atomic E-state index is 12.1. The monoisotopic (exact) mass is 223 g/mol. The number of amides is 2. The molecule has 0 aromatic carbocycles. The Labute approximate surface area is 97.8 Å². The zero-order valence-corrected chi connectivity index (χ0v) is 10.3. The van der Waals surface area contributed by atoms with Gasteiger partial charge in [-0.05, 0) is 33.1 Å². The van der Waals surface area contributed by atoms with Gasteiger partial charge in [0.05, 0.1) is 12.0 Å². The number of likely N-dealkylation sites (tertiary alicyclic amines) is 1. The fraction of sp³-hybridized carbons (Fsp3) is 0.833. The van der Waals surface area contributed by atoms with E-state index in [1.165, 1.54) is 6.42 Å². The van der Waals surface area contributed by atoms with E-state index < -0.39 is 0 Å². The van der Waals surface area contributed by atoms with Crippen LogP contribution in [0, 0.1) is 17.2 Å². The Balaban J connectivity index is 2.51. The van der Waals surface area contributed by atoms with Gasteiger partial charge in [-0.3, -0.25) is 0 Å². The molecule has 4 nitrogen and oxygen atoms in total. The van der Waals surface area contributed by atoms with Crippen LogP contribution in [0.4, 0.5) is 4.79 Å². The summed E-state index contributed by atoms with van der Waals surface area (Å²) in [7, 11) is 0. The van der Waals surface area contributed by atoms with Crippen molar-refractivity contribution < 1.29 is 4.79 Å². The van der Waals surface area contributed by atoms with Crippen molar-refractivity contribution >= 4 is 6.03 Å². The van der Waals surface area contributed by atoms with E-state index in [4.69, 9.17) is 5.26 Å². The lowest BCUT2D eigenvalue weighted by Gasteiger charge is -2.32. The highest BCUT2D eigenvalue weighted by atomic mass is 16.2. The molecule has 1 saturated heterocycles. The Morgan fingerprint density at radius 1 is 1.44 bits per heavy atom.